The monoisotopic (exact) mass is 284 g/mol. The number of nitrogens with one attached hydrogen (secondary N) is 1. The van der Waals surface area contributed by atoms with Crippen molar-refractivity contribution >= 4 is 23.1 Å². The Labute approximate surface area is 120 Å². The Morgan fingerprint density at radius 2 is 1.71 bits per heavy atom. The number of anilines is 1. The molecule has 0 heterocycles. The van der Waals surface area contributed by atoms with Gasteiger partial charge in [0.25, 0.3) is 5.69 Å². The Bertz CT molecular complexity index is 711. The number of hydrogen-bond acceptors (Lipinski definition) is 4. The molecule has 2 aromatic carbocycles. The molecule has 6 heteroatoms. The molecule has 0 saturated heterocycles. The third-order valence-electron chi connectivity index (χ3n) is 2.81. The van der Waals surface area contributed by atoms with Gasteiger partial charge in [-0.05, 0) is 6.07 Å². The molecular weight excluding hydrogens is 272 g/mol. The fourth-order valence-electron chi connectivity index (χ4n) is 1.96. The quantitative estimate of drug-likeness (QED) is 0.531. The lowest BCUT2D eigenvalue weighted by atomic mass is 10.00. The third kappa shape index (κ3) is 3.11. The first-order valence-corrected chi connectivity index (χ1v) is 6.15. The molecule has 1 N–H and O–H groups in total. The molecule has 0 aliphatic heterocycles. The second-order valence-electron chi connectivity index (χ2n) is 4.33. The molecule has 0 aromatic heterocycles. The highest BCUT2D eigenvalue weighted by Gasteiger charge is 2.25. The molecule has 1 amide bonds. The van der Waals surface area contributed by atoms with Gasteiger partial charge in [-0.2, -0.15) is 0 Å². The van der Waals surface area contributed by atoms with Crippen LogP contribution in [0.15, 0.2) is 48.5 Å². The van der Waals surface area contributed by atoms with E-state index in [2.05, 4.69) is 5.32 Å². The SMILES string of the molecule is CC(=O)Nc1cccc([N+](=O)[O-])c1C(=O)c1ccccc1. The highest BCUT2D eigenvalue weighted by molar-refractivity contribution is 6.16. The molecular formula is C15H12N2O4. The Morgan fingerprint density at radius 1 is 1.05 bits per heavy atom. The van der Waals surface area contributed by atoms with Crippen LogP contribution in [0, 0.1) is 10.1 Å². The molecule has 0 unspecified atom stereocenters. The van der Waals surface area contributed by atoms with Gasteiger partial charge in [0, 0.05) is 18.6 Å². The Morgan fingerprint density at radius 3 is 2.29 bits per heavy atom. The van der Waals surface area contributed by atoms with Crippen LogP contribution in [-0.4, -0.2) is 16.6 Å². The van der Waals surface area contributed by atoms with E-state index >= 15 is 0 Å². The maximum Gasteiger partial charge on any atom is 0.282 e. The molecule has 0 atom stereocenters. The predicted octanol–water partition coefficient (Wildman–Crippen LogP) is 2.78. The van der Waals surface area contributed by atoms with Crippen molar-refractivity contribution < 1.29 is 14.5 Å². The summed E-state index contributed by atoms with van der Waals surface area (Å²) in [7, 11) is 0. The van der Waals surface area contributed by atoms with Gasteiger partial charge in [0.1, 0.15) is 5.56 Å². The second-order valence-corrected chi connectivity index (χ2v) is 4.33. The number of ketones is 1. The van der Waals surface area contributed by atoms with E-state index in [0.717, 1.165) is 0 Å². The van der Waals surface area contributed by atoms with Crippen LogP contribution in [0.5, 0.6) is 0 Å². The highest BCUT2D eigenvalue weighted by atomic mass is 16.6. The highest BCUT2D eigenvalue weighted by Crippen LogP contribution is 2.29. The van der Waals surface area contributed by atoms with Crippen molar-refractivity contribution in [1.29, 1.82) is 0 Å². The second kappa shape index (κ2) is 5.96. The normalized spacial score (nSPS) is 9.95. The number of nitro groups is 1. The van der Waals surface area contributed by atoms with E-state index < -0.39 is 16.6 Å². The number of nitrogens with zero attached hydrogens (tertiary/aromatic N) is 1. The number of nitro benzene ring substituents is 1. The van der Waals surface area contributed by atoms with Crippen LogP contribution in [-0.2, 0) is 4.79 Å². The first-order chi connectivity index (χ1) is 10.0. The van der Waals surface area contributed by atoms with E-state index in [0.29, 0.717) is 5.56 Å². The van der Waals surface area contributed by atoms with Crippen LogP contribution in [0.25, 0.3) is 0 Å². The molecule has 106 valence electrons. The van der Waals surface area contributed by atoms with Gasteiger partial charge >= 0.3 is 0 Å². The first kappa shape index (κ1) is 14.4. The minimum Gasteiger partial charge on any atom is -0.325 e. The van der Waals surface area contributed by atoms with Crippen molar-refractivity contribution in [2.75, 3.05) is 5.32 Å². The molecule has 0 fully saturated rings. The maximum atomic E-state index is 12.5. The van der Waals surface area contributed by atoms with Crippen LogP contribution < -0.4 is 5.32 Å². The van der Waals surface area contributed by atoms with Crippen molar-refractivity contribution in [3.8, 4) is 0 Å². The summed E-state index contributed by atoms with van der Waals surface area (Å²) in [4.78, 5) is 34.2. The van der Waals surface area contributed by atoms with Crippen molar-refractivity contribution in [3.05, 3.63) is 69.8 Å². The van der Waals surface area contributed by atoms with E-state index in [1.54, 1.807) is 30.3 Å². The zero-order valence-electron chi connectivity index (χ0n) is 11.2. The van der Waals surface area contributed by atoms with Gasteiger partial charge in [0.2, 0.25) is 11.7 Å². The van der Waals surface area contributed by atoms with Crippen LogP contribution in [0.3, 0.4) is 0 Å². The van der Waals surface area contributed by atoms with E-state index in [1.807, 2.05) is 0 Å². The van der Waals surface area contributed by atoms with Crippen LogP contribution in [0.2, 0.25) is 0 Å². The van der Waals surface area contributed by atoms with Gasteiger partial charge in [0.05, 0.1) is 10.6 Å². The predicted molar refractivity (Wildman–Crippen MR) is 77.3 cm³/mol. The Balaban J connectivity index is 2.61. The molecule has 0 aliphatic carbocycles. The fourth-order valence-corrected chi connectivity index (χ4v) is 1.96. The summed E-state index contributed by atoms with van der Waals surface area (Å²) < 4.78 is 0. The number of carbonyl (C=O) groups excluding carboxylic acids is 2. The summed E-state index contributed by atoms with van der Waals surface area (Å²) in [6, 6.07) is 12.3. The Hall–Kier alpha value is -3.02. The average molecular weight is 284 g/mol. The molecule has 0 saturated carbocycles. The molecule has 0 spiro atoms. The largest absolute Gasteiger partial charge is 0.325 e. The van der Waals surface area contributed by atoms with Gasteiger partial charge in [-0.15, -0.1) is 0 Å². The summed E-state index contributed by atoms with van der Waals surface area (Å²) in [5.41, 5.74) is -0.0111. The lowest BCUT2D eigenvalue weighted by molar-refractivity contribution is -0.385. The van der Waals surface area contributed by atoms with Gasteiger partial charge in [0.15, 0.2) is 0 Å². The minimum absolute atomic E-state index is 0.121. The molecule has 0 bridgehead atoms. The summed E-state index contributed by atoms with van der Waals surface area (Å²) in [6.07, 6.45) is 0. The van der Waals surface area contributed by atoms with E-state index in [4.69, 9.17) is 0 Å². The molecule has 2 aromatic rings. The minimum atomic E-state index is -0.637. The number of rotatable bonds is 4. The standard InChI is InChI=1S/C15H12N2O4/c1-10(18)16-12-8-5-9-13(17(20)21)14(12)15(19)11-6-3-2-4-7-11/h2-9H,1H3,(H,16,18). The Kier molecular flexibility index (Phi) is 4.08. The fraction of sp³-hybridized carbons (Fsp3) is 0.0667. The van der Waals surface area contributed by atoms with E-state index in [9.17, 15) is 19.7 Å². The van der Waals surface area contributed by atoms with Gasteiger partial charge in [-0.3, -0.25) is 19.7 Å². The van der Waals surface area contributed by atoms with Gasteiger partial charge in [-0.25, -0.2) is 0 Å². The molecule has 2 rings (SSSR count). The van der Waals surface area contributed by atoms with E-state index in [-0.39, 0.29) is 16.9 Å². The zero-order chi connectivity index (χ0) is 15.4. The van der Waals surface area contributed by atoms with Crippen LogP contribution >= 0.6 is 0 Å². The molecule has 6 nitrogen and oxygen atoms in total. The summed E-state index contributed by atoms with van der Waals surface area (Å²) >= 11 is 0. The number of amides is 1. The first-order valence-electron chi connectivity index (χ1n) is 6.15. The lowest BCUT2D eigenvalue weighted by Gasteiger charge is -2.09. The van der Waals surface area contributed by atoms with Crippen LogP contribution in [0.4, 0.5) is 11.4 Å². The van der Waals surface area contributed by atoms with Crippen molar-refractivity contribution in [3.63, 3.8) is 0 Å². The topological polar surface area (TPSA) is 89.3 Å². The van der Waals surface area contributed by atoms with Crippen molar-refractivity contribution in [2.24, 2.45) is 0 Å². The maximum absolute atomic E-state index is 12.5. The zero-order valence-corrected chi connectivity index (χ0v) is 11.2. The van der Waals surface area contributed by atoms with Crippen molar-refractivity contribution in [1.82, 2.24) is 0 Å². The van der Waals surface area contributed by atoms with Gasteiger partial charge < -0.3 is 5.32 Å². The molecule has 0 radical (unpaired) electrons. The van der Waals surface area contributed by atoms with Crippen molar-refractivity contribution in [2.45, 2.75) is 6.92 Å². The molecule has 21 heavy (non-hydrogen) atoms. The summed E-state index contributed by atoms with van der Waals surface area (Å²) in [5, 5.41) is 13.6. The summed E-state index contributed by atoms with van der Waals surface area (Å²) in [5.74, 6) is -0.913. The van der Waals surface area contributed by atoms with E-state index in [1.165, 1.54) is 25.1 Å². The van der Waals surface area contributed by atoms with Gasteiger partial charge in [-0.1, -0.05) is 36.4 Å². The average Bonchev–Trinajstić information content (AvgIpc) is 2.46. The number of benzene rings is 2. The third-order valence-corrected chi connectivity index (χ3v) is 2.81. The molecule has 0 aliphatic rings. The number of carbonyl (C=O) groups is 2. The lowest BCUT2D eigenvalue weighted by Crippen LogP contribution is -2.13. The smallest absolute Gasteiger partial charge is 0.282 e. The summed E-state index contributed by atoms with van der Waals surface area (Å²) in [6.45, 7) is 1.27. The number of hydrogen-bond donors (Lipinski definition) is 1. The van der Waals surface area contributed by atoms with Crippen LogP contribution in [0.1, 0.15) is 22.8 Å².